The van der Waals surface area contributed by atoms with Crippen molar-refractivity contribution < 1.29 is 9.53 Å². The van der Waals surface area contributed by atoms with Crippen molar-refractivity contribution in [1.29, 1.82) is 0 Å². The van der Waals surface area contributed by atoms with Gasteiger partial charge in [-0.15, -0.1) is 0 Å². The molecule has 0 aromatic heterocycles. The zero-order valence-corrected chi connectivity index (χ0v) is 8.25. The third kappa shape index (κ3) is 3.45. The van der Waals surface area contributed by atoms with Crippen LogP contribution in [0.25, 0.3) is 0 Å². The summed E-state index contributed by atoms with van der Waals surface area (Å²) in [4.78, 5) is 10.8. The van der Waals surface area contributed by atoms with Crippen molar-refractivity contribution in [3.05, 3.63) is 23.8 Å². The molecular formula is C11H16O2. The first-order valence-corrected chi connectivity index (χ1v) is 4.75. The Morgan fingerprint density at radius 1 is 1.69 bits per heavy atom. The molecule has 0 fully saturated rings. The van der Waals surface area contributed by atoms with E-state index in [9.17, 15) is 4.79 Å². The number of esters is 1. The molecule has 2 heteroatoms. The molecule has 0 heterocycles. The molecule has 0 saturated heterocycles. The topological polar surface area (TPSA) is 26.3 Å². The van der Waals surface area contributed by atoms with Crippen molar-refractivity contribution >= 4 is 5.97 Å². The Morgan fingerprint density at radius 2 is 2.46 bits per heavy atom. The van der Waals surface area contributed by atoms with Gasteiger partial charge in [0.25, 0.3) is 0 Å². The van der Waals surface area contributed by atoms with Crippen molar-refractivity contribution in [2.24, 2.45) is 5.92 Å². The highest BCUT2D eigenvalue weighted by Gasteiger charge is 2.05. The molecule has 1 aliphatic rings. The third-order valence-electron chi connectivity index (χ3n) is 2.08. The lowest BCUT2D eigenvalue weighted by atomic mass is 9.99. The molecule has 0 radical (unpaired) electrons. The highest BCUT2D eigenvalue weighted by Crippen LogP contribution is 2.15. The first kappa shape index (κ1) is 10.0. The molecule has 0 spiro atoms. The minimum Gasteiger partial charge on any atom is -0.461 e. The van der Waals surface area contributed by atoms with E-state index in [2.05, 4.69) is 19.1 Å². The summed E-state index contributed by atoms with van der Waals surface area (Å²) in [6.07, 6.45) is 7.82. The minimum absolute atomic E-state index is 0.132. The van der Waals surface area contributed by atoms with Gasteiger partial charge in [-0.05, 0) is 17.9 Å². The third-order valence-corrected chi connectivity index (χ3v) is 2.08. The van der Waals surface area contributed by atoms with Crippen molar-refractivity contribution in [3.8, 4) is 0 Å². The summed E-state index contributed by atoms with van der Waals surface area (Å²) >= 11 is 0. The lowest BCUT2D eigenvalue weighted by molar-refractivity contribution is -0.142. The maximum Gasteiger partial charge on any atom is 0.305 e. The van der Waals surface area contributed by atoms with Gasteiger partial charge in [-0.3, -0.25) is 4.79 Å². The van der Waals surface area contributed by atoms with Crippen molar-refractivity contribution in [2.75, 3.05) is 6.61 Å². The lowest BCUT2D eigenvalue weighted by Gasteiger charge is -2.11. The van der Waals surface area contributed by atoms with Gasteiger partial charge in [-0.2, -0.15) is 0 Å². The highest BCUT2D eigenvalue weighted by atomic mass is 16.5. The van der Waals surface area contributed by atoms with E-state index >= 15 is 0 Å². The molecule has 0 saturated carbocycles. The zero-order valence-electron chi connectivity index (χ0n) is 8.25. The molecule has 0 bridgehead atoms. The van der Waals surface area contributed by atoms with Gasteiger partial charge in [0.2, 0.25) is 0 Å². The van der Waals surface area contributed by atoms with Crippen LogP contribution in [-0.4, -0.2) is 12.6 Å². The number of allylic oxidation sites excluding steroid dienone is 2. The van der Waals surface area contributed by atoms with Crippen molar-refractivity contribution in [3.63, 3.8) is 0 Å². The Bertz CT molecular complexity index is 238. The van der Waals surface area contributed by atoms with Crippen LogP contribution in [-0.2, 0) is 9.53 Å². The SMILES string of the molecule is CCC(=O)OCC1=CCC(C)C=C1. The van der Waals surface area contributed by atoms with Crippen LogP contribution in [0.4, 0.5) is 0 Å². The van der Waals surface area contributed by atoms with Crippen LogP contribution >= 0.6 is 0 Å². The van der Waals surface area contributed by atoms with Crippen LogP contribution in [0.3, 0.4) is 0 Å². The van der Waals surface area contributed by atoms with Crippen LogP contribution in [0.1, 0.15) is 26.7 Å². The molecule has 72 valence electrons. The van der Waals surface area contributed by atoms with Crippen molar-refractivity contribution in [2.45, 2.75) is 26.7 Å². The predicted molar refractivity (Wildman–Crippen MR) is 52.3 cm³/mol. The van der Waals surface area contributed by atoms with Crippen LogP contribution in [0.5, 0.6) is 0 Å². The van der Waals surface area contributed by atoms with Crippen LogP contribution in [0.15, 0.2) is 23.8 Å². The predicted octanol–water partition coefficient (Wildman–Crippen LogP) is 2.46. The Kier molecular flexibility index (Phi) is 3.74. The van der Waals surface area contributed by atoms with Crippen LogP contribution < -0.4 is 0 Å². The number of hydrogen-bond donors (Lipinski definition) is 0. The van der Waals surface area contributed by atoms with E-state index in [-0.39, 0.29) is 5.97 Å². The van der Waals surface area contributed by atoms with Crippen LogP contribution in [0, 0.1) is 5.92 Å². The largest absolute Gasteiger partial charge is 0.461 e. The summed E-state index contributed by atoms with van der Waals surface area (Å²) < 4.78 is 5.01. The molecule has 1 unspecified atom stereocenters. The van der Waals surface area contributed by atoms with E-state index in [0.717, 1.165) is 12.0 Å². The number of rotatable bonds is 3. The number of carbonyl (C=O) groups excluding carboxylic acids is 1. The summed E-state index contributed by atoms with van der Waals surface area (Å²) in [5.41, 5.74) is 1.11. The van der Waals surface area contributed by atoms with Gasteiger partial charge in [0.15, 0.2) is 0 Å². The second-order valence-corrected chi connectivity index (χ2v) is 3.37. The second kappa shape index (κ2) is 4.85. The molecule has 0 amide bonds. The van der Waals surface area contributed by atoms with Gasteiger partial charge in [0, 0.05) is 6.42 Å². The summed E-state index contributed by atoms with van der Waals surface area (Å²) in [5, 5.41) is 0. The monoisotopic (exact) mass is 180 g/mol. The van der Waals surface area contributed by atoms with Crippen LogP contribution in [0.2, 0.25) is 0 Å². The maximum atomic E-state index is 10.8. The second-order valence-electron chi connectivity index (χ2n) is 3.37. The fourth-order valence-corrected chi connectivity index (χ4v) is 1.14. The average molecular weight is 180 g/mol. The normalized spacial score (nSPS) is 21.1. The molecule has 0 aliphatic heterocycles. The van der Waals surface area contributed by atoms with Gasteiger partial charge in [-0.25, -0.2) is 0 Å². The fourth-order valence-electron chi connectivity index (χ4n) is 1.14. The number of hydrogen-bond acceptors (Lipinski definition) is 2. The molecule has 1 aliphatic carbocycles. The molecule has 0 aromatic carbocycles. The van der Waals surface area contributed by atoms with Gasteiger partial charge in [0.05, 0.1) is 0 Å². The molecule has 1 atom stereocenters. The summed E-state index contributed by atoms with van der Waals surface area (Å²) in [6.45, 7) is 4.40. The smallest absolute Gasteiger partial charge is 0.305 e. The summed E-state index contributed by atoms with van der Waals surface area (Å²) in [7, 11) is 0. The molecule has 0 N–H and O–H groups in total. The summed E-state index contributed by atoms with van der Waals surface area (Å²) in [6, 6.07) is 0. The van der Waals surface area contributed by atoms with E-state index in [0.29, 0.717) is 18.9 Å². The van der Waals surface area contributed by atoms with Crippen molar-refractivity contribution in [1.82, 2.24) is 0 Å². The Hall–Kier alpha value is -1.05. The fraction of sp³-hybridized carbons (Fsp3) is 0.545. The zero-order chi connectivity index (χ0) is 9.68. The molecule has 2 nitrogen and oxygen atoms in total. The lowest BCUT2D eigenvalue weighted by Crippen LogP contribution is -2.07. The van der Waals surface area contributed by atoms with E-state index in [1.165, 1.54) is 0 Å². The standard InChI is InChI=1S/C11H16O2/c1-3-11(12)13-8-10-6-4-9(2)5-7-10/h4,6-7,9H,3,5,8H2,1-2H3. The Labute approximate surface area is 79.3 Å². The first-order valence-electron chi connectivity index (χ1n) is 4.75. The van der Waals surface area contributed by atoms with Gasteiger partial charge in [0.1, 0.15) is 6.61 Å². The Morgan fingerprint density at radius 3 is 3.00 bits per heavy atom. The van der Waals surface area contributed by atoms with E-state index in [1.54, 1.807) is 6.92 Å². The molecule has 0 aromatic rings. The molecular weight excluding hydrogens is 164 g/mol. The maximum absolute atomic E-state index is 10.8. The number of ether oxygens (including phenoxy) is 1. The quantitative estimate of drug-likeness (QED) is 0.624. The average Bonchev–Trinajstić information content (AvgIpc) is 2.16. The van der Waals surface area contributed by atoms with E-state index in [4.69, 9.17) is 4.74 Å². The summed E-state index contributed by atoms with van der Waals surface area (Å²) in [5.74, 6) is 0.485. The number of carbonyl (C=O) groups is 1. The molecule has 13 heavy (non-hydrogen) atoms. The van der Waals surface area contributed by atoms with E-state index < -0.39 is 0 Å². The highest BCUT2D eigenvalue weighted by molar-refractivity contribution is 5.69. The molecule has 1 rings (SSSR count). The Balaban J connectivity index is 2.31. The van der Waals surface area contributed by atoms with E-state index in [1.807, 2.05) is 6.08 Å². The van der Waals surface area contributed by atoms with Gasteiger partial charge in [-0.1, -0.05) is 32.1 Å². The first-order chi connectivity index (χ1) is 6.22. The van der Waals surface area contributed by atoms with Gasteiger partial charge >= 0.3 is 5.97 Å². The van der Waals surface area contributed by atoms with Gasteiger partial charge < -0.3 is 4.74 Å². The minimum atomic E-state index is -0.132.